The highest BCUT2D eigenvalue weighted by atomic mass is 16.3. The van der Waals surface area contributed by atoms with Gasteiger partial charge < -0.3 is 14.2 Å². The van der Waals surface area contributed by atoms with Crippen LogP contribution in [-0.2, 0) is 0 Å². The number of hydrogen-bond acceptors (Lipinski definition) is 5. The molecule has 0 aliphatic carbocycles. The van der Waals surface area contributed by atoms with Gasteiger partial charge in [0.1, 0.15) is 5.82 Å². The fourth-order valence-corrected chi connectivity index (χ4v) is 3.24. The summed E-state index contributed by atoms with van der Waals surface area (Å²) < 4.78 is 5.22. The zero-order chi connectivity index (χ0) is 18.8. The van der Waals surface area contributed by atoms with Crippen molar-refractivity contribution in [3.63, 3.8) is 0 Å². The first-order chi connectivity index (χ1) is 13.1. The van der Waals surface area contributed by atoms with Crippen molar-refractivity contribution in [3.05, 3.63) is 65.7 Å². The predicted molar refractivity (Wildman–Crippen MR) is 104 cm³/mol. The van der Waals surface area contributed by atoms with Crippen LogP contribution in [0.1, 0.15) is 21.8 Å². The van der Waals surface area contributed by atoms with E-state index in [0.29, 0.717) is 18.8 Å². The average molecular weight is 362 g/mol. The van der Waals surface area contributed by atoms with Gasteiger partial charge in [0.05, 0.1) is 6.26 Å². The summed E-state index contributed by atoms with van der Waals surface area (Å²) in [5, 5.41) is 0. The van der Waals surface area contributed by atoms with Crippen molar-refractivity contribution in [2.75, 3.05) is 31.1 Å². The Bertz CT molecular complexity index is 927. The Kier molecular flexibility index (Phi) is 4.62. The van der Waals surface area contributed by atoms with Crippen molar-refractivity contribution in [3.8, 4) is 11.4 Å². The molecule has 1 amide bonds. The number of furan rings is 1. The maximum atomic E-state index is 12.4. The molecule has 0 unspecified atom stereocenters. The van der Waals surface area contributed by atoms with Crippen LogP contribution in [0.2, 0.25) is 0 Å². The molecule has 1 aliphatic heterocycles. The second-order valence-electron chi connectivity index (χ2n) is 6.81. The van der Waals surface area contributed by atoms with Gasteiger partial charge in [0.25, 0.3) is 5.91 Å². The second-order valence-corrected chi connectivity index (χ2v) is 6.81. The van der Waals surface area contributed by atoms with Crippen molar-refractivity contribution in [1.29, 1.82) is 0 Å². The molecular formula is C21H22N4O2. The average Bonchev–Trinajstić information content (AvgIpc) is 3.22. The molecule has 1 saturated heterocycles. The lowest BCUT2D eigenvalue weighted by atomic mass is 10.1. The molecule has 0 N–H and O–H groups in total. The van der Waals surface area contributed by atoms with Gasteiger partial charge in [0, 0.05) is 43.5 Å². The third-order valence-electron chi connectivity index (χ3n) is 4.77. The first-order valence-electron chi connectivity index (χ1n) is 9.10. The molecule has 0 saturated carbocycles. The van der Waals surface area contributed by atoms with Crippen LogP contribution in [0, 0.1) is 13.8 Å². The summed E-state index contributed by atoms with van der Waals surface area (Å²) in [7, 11) is 0. The summed E-state index contributed by atoms with van der Waals surface area (Å²) in [5.74, 6) is 1.98. The SMILES string of the molecule is Cc1ccc(-c2nc(C)cc(N3CCN(C(=O)c4ccco4)CC3)n2)cc1. The molecule has 1 aromatic carbocycles. The number of aryl methyl sites for hydroxylation is 2. The number of benzene rings is 1. The van der Waals surface area contributed by atoms with Crippen LogP contribution in [0.3, 0.4) is 0 Å². The van der Waals surface area contributed by atoms with Gasteiger partial charge in [-0.3, -0.25) is 4.79 Å². The third kappa shape index (κ3) is 3.69. The summed E-state index contributed by atoms with van der Waals surface area (Å²) in [6.07, 6.45) is 1.53. The second kappa shape index (κ2) is 7.23. The summed E-state index contributed by atoms with van der Waals surface area (Å²) in [6, 6.07) is 13.7. The minimum absolute atomic E-state index is 0.0566. The lowest BCUT2D eigenvalue weighted by molar-refractivity contribution is 0.0714. The molecule has 0 atom stereocenters. The number of nitrogens with zero attached hydrogens (tertiary/aromatic N) is 4. The molecule has 27 heavy (non-hydrogen) atoms. The van der Waals surface area contributed by atoms with Crippen LogP contribution >= 0.6 is 0 Å². The van der Waals surface area contributed by atoms with Crippen molar-refractivity contribution < 1.29 is 9.21 Å². The Labute approximate surface area is 158 Å². The zero-order valence-electron chi connectivity index (χ0n) is 15.6. The van der Waals surface area contributed by atoms with E-state index in [0.717, 1.165) is 36.0 Å². The Morgan fingerprint density at radius 2 is 1.74 bits per heavy atom. The Morgan fingerprint density at radius 3 is 2.41 bits per heavy atom. The van der Waals surface area contributed by atoms with Crippen LogP contribution in [0.4, 0.5) is 5.82 Å². The van der Waals surface area contributed by atoms with Crippen molar-refractivity contribution >= 4 is 11.7 Å². The number of anilines is 1. The van der Waals surface area contributed by atoms with E-state index in [4.69, 9.17) is 9.40 Å². The number of piperazine rings is 1. The Hall–Kier alpha value is -3.15. The first kappa shape index (κ1) is 17.3. The molecule has 3 aromatic rings. The summed E-state index contributed by atoms with van der Waals surface area (Å²) in [6.45, 7) is 6.80. The van der Waals surface area contributed by atoms with E-state index in [1.807, 2.05) is 30.0 Å². The lowest BCUT2D eigenvalue weighted by Crippen LogP contribution is -2.49. The van der Waals surface area contributed by atoms with Crippen LogP contribution in [0.25, 0.3) is 11.4 Å². The number of aromatic nitrogens is 2. The highest BCUT2D eigenvalue weighted by Gasteiger charge is 2.24. The Morgan fingerprint density at radius 1 is 1.00 bits per heavy atom. The standard InChI is InChI=1S/C21H22N4O2/c1-15-5-7-17(8-6-15)20-22-16(2)14-19(23-20)24-9-11-25(12-10-24)21(26)18-4-3-13-27-18/h3-8,13-14H,9-12H2,1-2H3. The maximum Gasteiger partial charge on any atom is 0.289 e. The number of carbonyl (C=O) groups is 1. The van der Waals surface area contributed by atoms with Crippen LogP contribution < -0.4 is 4.90 Å². The van der Waals surface area contributed by atoms with E-state index >= 15 is 0 Å². The fraction of sp³-hybridized carbons (Fsp3) is 0.286. The minimum atomic E-state index is -0.0566. The van der Waals surface area contributed by atoms with Gasteiger partial charge in [-0.25, -0.2) is 9.97 Å². The van der Waals surface area contributed by atoms with E-state index in [-0.39, 0.29) is 5.91 Å². The van der Waals surface area contributed by atoms with Gasteiger partial charge in [0.2, 0.25) is 0 Å². The summed E-state index contributed by atoms with van der Waals surface area (Å²) in [5.41, 5.74) is 3.16. The van der Waals surface area contributed by atoms with E-state index in [1.54, 1.807) is 12.1 Å². The smallest absolute Gasteiger partial charge is 0.289 e. The lowest BCUT2D eigenvalue weighted by Gasteiger charge is -2.35. The normalized spacial score (nSPS) is 14.4. The van der Waals surface area contributed by atoms with E-state index < -0.39 is 0 Å². The topological polar surface area (TPSA) is 62.5 Å². The zero-order valence-corrected chi connectivity index (χ0v) is 15.6. The molecule has 1 aliphatic rings. The number of rotatable bonds is 3. The van der Waals surface area contributed by atoms with Crippen molar-refractivity contribution in [1.82, 2.24) is 14.9 Å². The fourth-order valence-electron chi connectivity index (χ4n) is 3.24. The van der Waals surface area contributed by atoms with E-state index in [1.165, 1.54) is 11.8 Å². The third-order valence-corrected chi connectivity index (χ3v) is 4.77. The molecule has 0 bridgehead atoms. The summed E-state index contributed by atoms with van der Waals surface area (Å²) >= 11 is 0. The van der Waals surface area contributed by atoms with E-state index in [9.17, 15) is 4.79 Å². The quantitative estimate of drug-likeness (QED) is 0.715. The number of carbonyl (C=O) groups excluding carboxylic acids is 1. The highest BCUT2D eigenvalue weighted by Crippen LogP contribution is 2.22. The van der Waals surface area contributed by atoms with E-state index in [2.05, 4.69) is 28.9 Å². The van der Waals surface area contributed by atoms with Crippen LogP contribution in [-0.4, -0.2) is 47.0 Å². The molecule has 3 heterocycles. The first-order valence-corrected chi connectivity index (χ1v) is 9.10. The van der Waals surface area contributed by atoms with Crippen molar-refractivity contribution in [2.45, 2.75) is 13.8 Å². The molecule has 6 nitrogen and oxygen atoms in total. The predicted octanol–water partition coefficient (Wildman–Crippen LogP) is 3.32. The molecule has 1 fully saturated rings. The molecule has 138 valence electrons. The monoisotopic (exact) mass is 362 g/mol. The summed E-state index contributed by atoms with van der Waals surface area (Å²) in [4.78, 5) is 25.8. The number of hydrogen-bond donors (Lipinski definition) is 0. The van der Waals surface area contributed by atoms with Gasteiger partial charge in [-0.05, 0) is 26.0 Å². The molecule has 4 rings (SSSR count). The van der Waals surface area contributed by atoms with Gasteiger partial charge >= 0.3 is 0 Å². The van der Waals surface area contributed by atoms with Crippen molar-refractivity contribution in [2.24, 2.45) is 0 Å². The van der Waals surface area contributed by atoms with Gasteiger partial charge in [-0.1, -0.05) is 29.8 Å². The largest absolute Gasteiger partial charge is 0.459 e. The Balaban J connectivity index is 1.50. The maximum absolute atomic E-state index is 12.4. The minimum Gasteiger partial charge on any atom is -0.459 e. The molecular weight excluding hydrogens is 340 g/mol. The molecule has 0 radical (unpaired) electrons. The van der Waals surface area contributed by atoms with Crippen LogP contribution in [0.5, 0.6) is 0 Å². The van der Waals surface area contributed by atoms with Gasteiger partial charge in [-0.15, -0.1) is 0 Å². The highest BCUT2D eigenvalue weighted by molar-refractivity contribution is 5.91. The number of amides is 1. The molecule has 6 heteroatoms. The molecule has 0 spiro atoms. The van der Waals surface area contributed by atoms with Gasteiger partial charge in [-0.2, -0.15) is 0 Å². The van der Waals surface area contributed by atoms with Crippen LogP contribution in [0.15, 0.2) is 53.1 Å². The molecule has 2 aromatic heterocycles. The van der Waals surface area contributed by atoms with Gasteiger partial charge in [0.15, 0.2) is 11.6 Å².